The van der Waals surface area contributed by atoms with Gasteiger partial charge in [0.25, 0.3) is 5.91 Å². The molecule has 0 aliphatic carbocycles. The molecular formula is C30H33N4O3+. The maximum absolute atomic E-state index is 13.6. The summed E-state index contributed by atoms with van der Waals surface area (Å²) in [5.74, 6) is 0.700. The minimum atomic E-state index is -0.121. The van der Waals surface area contributed by atoms with E-state index in [1.165, 1.54) is 10.5 Å². The fraction of sp³-hybridized carbons (Fsp3) is 0.267. The maximum atomic E-state index is 13.6. The SMILES string of the molecule is COc1ccc(C(CNC(=O)c2cn(Cc3ccccc3)nc2-c2ccccc2)[NH+]2CCOCC2)cc1. The lowest BCUT2D eigenvalue weighted by molar-refractivity contribution is -0.937. The van der Waals surface area contributed by atoms with E-state index in [2.05, 4.69) is 29.6 Å². The predicted molar refractivity (Wildman–Crippen MR) is 143 cm³/mol. The number of ether oxygens (including phenoxy) is 2. The zero-order valence-corrected chi connectivity index (χ0v) is 21.1. The predicted octanol–water partition coefficient (Wildman–Crippen LogP) is 2.99. The van der Waals surface area contributed by atoms with Crippen molar-refractivity contribution in [2.24, 2.45) is 0 Å². The number of hydrogen-bond acceptors (Lipinski definition) is 4. The number of carbonyl (C=O) groups excluding carboxylic acids is 1. The fourth-order valence-electron chi connectivity index (χ4n) is 4.85. The van der Waals surface area contributed by atoms with Crippen LogP contribution in [0.2, 0.25) is 0 Å². The molecule has 0 saturated carbocycles. The molecule has 0 spiro atoms. The second kappa shape index (κ2) is 11.9. The molecule has 2 N–H and O–H groups in total. The van der Waals surface area contributed by atoms with Crippen molar-refractivity contribution in [1.82, 2.24) is 15.1 Å². The van der Waals surface area contributed by atoms with E-state index < -0.39 is 0 Å². The third-order valence-corrected chi connectivity index (χ3v) is 6.85. The highest BCUT2D eigenvalue weighted by atomic mass is 16.5. The topological polar surface area (TPSA) is 69.8 Å². The van der Waals surface area contributed by atoms with Crippen LogP contribution < -0.4 is 15.0 Å². The molecule has 1 fully saturated rings. The van der Waals surface area contributed by atoms with Crippen LogP contribution in [0.4, 0.5) is 0 Å². The third kappa shape index (κ3) is 6.07. The van der Waals surface area contributed by atoms with E-state index in [-0.39, 0.29) is 11.9 Å². The first-order chi connectivity index (χ1) is 18.2. The van der Waals surface area contributed by atoms with Crippen LogP contribution in [0.5, 0.6) is 5.75 Å². The van der Waals surface area contributed by atoms with E-state index in [1.54, 1.807) is 7.11 Å². The molecule has 190 valence electrons. The summed E-state index contributed by atoms with van der Waals surface area (Å²) in [7, 11) is 1.67. The van der Waals surface area contributed by atoms with Crippen molar-refractivity contribution in [1.29, 1.82) is 0 Å². The lowest BCUT2D eigenvalue weighted by Crippen LogP contribution is -3.15. The molecule has 1 aliphatic rings. The van der Waals surface area contributed by atoms with Gasteiger partial charge in [-0.25, -0.2) is 0 Å². The second-order valence-electron chi connectivity index (χ2n) is 9.25. The van der Waals surface area contributed by atoms with Crippen LogP contribution in [0.15, 0.2) is 91.1 Å². The van der Waals surface area contributed by atoms with E-state index in [9.17, 15) is 4.79 Å². The summed E-state index contributed by atoms with van der Waals surface area (Å²) >= 11 is 0. The minimum Gasteiger partial charge on any atom is -0.497 e. The number of morpholine rings is 1. The molecule has 1 aliphatic heterocycles. The van der Waals surface area contributed by atoms with Crippen LogP contribution in [-0.4, -0.2) is 55.6 Å². The number of nitrogens with one attached hydrogen (secondary N) is 2. The monoisotopic (exact) mass is 497 g/mol. The van der Waals surface area contributed by atoms with Crippen LogP contribution in [0.1, 0.15) is 27.5 Å². The smallest absolute Gasteiger partial charge is 0.255 e. The average molecular weight is 498 g/mol. The Balaban J connectivity index is 1.39. The highest BCUT2D eigenvalue weighted by molar-refractivity contribution is 5.99. The molecule has 1 amide bonds. The molecule has 1 aromatic heterocycles. The summed E-state index contributed by atoms with van der Waals surface area (Å²) < 4.78 is 12.8. The number of amides is 1. The first-order valence-corrected chi connectivity index (χ1v) is 12.7. The molecule has 0 radical (unpaired) electrons. The number of nitrogens with zero attached hydrogens (tertiary/aromatic N) is 2. The van der Waals surface area contributed by atoms with Gasteiger partial charge in [-0.3, -0.25) is 9.48 Å². The van der Waals surface area contributed by atoms with Crippen LogP contribution in [-0.2, 0) is 11.3 Å². The van der Waals surface area contributed by atoms with Crippen LogP contribution >= 0.6 is 0 Å². The zero-order chi connectivity index (χ0) is 25.5. The van der Waals surface area contributed by atoms with Crippen molar-refractivity contribution < 1.29 is 19.2 Å². The standard InChI is InChI=1S/C30H32N4O3/c1-36-26-14-12-24(13-15-26)28(33-16-18-37-19-17-33)20-31-30(35)27-22-34(21-23-8-4-2-5-9-23)32-29(27)25-10-6-3-7-11-25/h2-15,22,28H,16-21H2,1H3,(H,31,35)/p+1. The highest BCUT2D eigenvalue weighted by Gasteiger charge is 2.28. The summed E-state index contributed by atoms with van der Waals surface area (Å²) in [6.07, 6.45) is 1.86. The third-order valence-electron chi connectivity index (χ3n) is 6.85. The number of quaternary nitrogens is 1. The quantitative estimate of drug-likeness (QED) is 0.373. The van der Waals surface area contributed by atoms with E-state index >= 15 is 0 Å². The number of hydrogen-bond donors (Lipinski definition) is 2. The van der Waals surface area contributed by atoms with E-state index in [4.69, 9.17) is 14.6 Å². The lowest BCUT2D eigenvalue weighted by atomic mass is 10.0. The van der Waals surface area contributed by atoms with Gasteiger partial charge in [-0.2, -0.15) is 5.10 Å². The molecule has 0 bridgehead atoms. The minimum absolute atomic E-state index is 0.110. The Morgan fingerprint density at radius 1 is 1.00 bits per heavy atom. The summed E-state index contributed by atoms with van der Waals surface area (Å²) in [5, 5.41) is 8.04. The van der Waals surface area contributed by atoms with Gasteiger partial charge < -0.3 is 19.7 Å². The van der Waals surface area contributed by atoms with Gasteiger partial charge >= 0.3 is 0 Å². The van der Waals surface area contributed by atoms with Gasteiger partial charge in [0.05, 0.1) is 39.0 Å². The number of aromatic nitrogens is 2. The van der Waals surface area contributed by atoms with Gasteiger partial charge in [0, 0.05) is 17.3 Å². The largest absolute Gasteiger partial charge is 0.497 e. The van der Waals surface area contributed by atoms with E-state index in [0.29, 0.717) is 24.3 Å². The van der Waals surface area contributed by atoms with Gasteiger partial charge in [0.2, 0.25) is 0 Å². The van der Waals surface area contributed by atoms with Crippen molar-refractivity contribution in [2.75, 3.05) is 40.0 Å². The second-order valence-corrected chi connectivity index (χ2v) is 9.25. The molecule has 1 unspecified atom stereocenters. The van der Waals surface area contributed by atoms with Gasteiger partial charge in [-0.15, -0.1) is 0 Å². The van der Waals surface area contributed by atoms with Crippen LogP contribution in [0.25, 0.3) is 11.3 Å². The molecule has 2 heterocycles. The van der Waals surface area contributed by atoms with Gasteiger partial charge in [0.15, 0.2) is 0 Å². The van der Waals surface area contributed by atoms with E-state index in [1.807, 2.05) is 71.5 Å². The number of benzene rings is 3. The number of carbonyl (C=O) groups is 1. The lowest BCUT2D eigenvalue weighted by Gasteiger charge is -2.32. The Morgan fingerprint density at radius 3 is 2.35 bits per heavy atom. The molecule has 5 rings (SSSR count). The Bertz CT molecular complexity index is 1280. The van der Waals surface area contributed by atoms with Crippen molar-refractivity contribution in [3.63, 3.8) is 0 Å². The molecule has 3 aromatic carbocycles. The molecule has 7 nitrogen and oxygen atoms in total. The summed E-state index contributed by atoms with van der Waals surface area (Å²) in [5.41, 5.74) is 4.49. The fourth-order valence-corrected chi connectivity index (χ4v) is 4.85. The van der Waals surface area contributed by atoms with Crippen LogP contribution in [0, 0.1) is 0 Å². The highest BCUT2D eigenvalue weighted by Crippen LogP contribution is 2.23. The molecular weight excluding hydrogens is 464 g/mol. The average Bonchev–Trinajstić information content (AvgIpc) is 3.39. The summed E-state index contributed by atoms with van der Waals surface area (Å²) in [6, 6.07) is 28.3. The number of rotatable bonds is 9. The molecule has 1 atom stereocenters. The first-order valence-electron chi connectivity index (χ1n) is 12.7. The van der Waals surface area contributed by atoms with Crippen molar-refractivity contribution in [3.8, 4) is 17.0 Å². The van der Waals surface area contributed by atoms with Gasteiger partial charge in [-0.05, 0) is 29.8 Å². The Labute approximate surface area is 217 Å². The summed E-state index contributed by atoms with van der Waals surface area (Å²) in [4.78, 5) is 15.0. The Kier molecular flexibility index (Phi) is 7.93. The molecule has 37 heavy (non-hydrogen) atoms. The Morgan fingerprint density at radius 2 is 1.68 bits per heavy atom. The van der Waals surface area contributed by atoms with Crippen molar-refractivity contribution >= 4 is 5.91 Å². The van der Waals surface area contributed by atoms with Crippen molar-refractivity contribution in [2.45, 2.75) is 12.6 Å². The zero-order valence-electron chi connectivity index (χ0n) is 21.1. The number of methoxy groups -OCH3 is 1. The molecule has 4 aromatic rings. The van der Waals surface area contributed by atoms with E-state index in [0.717, 1.165) is 43.2 Å². The van der Waals surface area contributed by atoms with Gasteiger partial charge in [-0.1, -0.05) is 60.7 Å². The van der Waals surface area contributed by atoms with Gasteiger partial charge in [0.1, 0.15) is 30.6 Å². The maximum Gasteiger partial charge on any atom is 0.255 e. The van der Waals surface area contributed by atoms with Crippen molar-refractivity contribution in [3.05, 3.63) is 108 Å². The first kappa shape index (κ1) is 24.7. The Hall–Kier alpha value is -3.94. The summed E-state index contributed by atoms with van der Waals surface area (Å²) in [6.45, 7) is 4.35. The molecule has 1 saturated heterocycles. The normalized spacial score (nSPS) is 14.7. The van der Waals surface area contributed by atoms with Crippen LogP contribution in [0.3, 0.4) is 0 Å². The molecule has 7 heteroatoms.